The van der Waals surface area contributed by atoms with Crippen LogP contribution >= 0.6 is 0 Å². The molecule has 5 rings (SSSR count). The molecule has 0 unspecified atom stereocenters. The van der Waals surface area contributed by atoms with Crippen LogP contribution < -0.4 is 10.3 Å². The number of hydrogen-bond donors (Lipinski definition) is 1. The Balaban J connectivity index is 1.42. The SMILES string of the molecule is CCN(C(=O)c1oc2c(c1C)/C(=N/NC(=O)c1ccc3ccccc3n1)CCC2)c1cccc(C)c1. The number of furan rings is 1. The minimum atomic E-state index is -0.380. The minimum Gasteiger partial charge on any atom is -0.455 e. The van der Waals surface area contributed by atoms with Crippen molar-refractivity contribution in [1.82, 2.24) is 10.4 Å². The first-order valence-corrected chi connectivity index (χ1v) is 12.2. The van der Waals surface area contributed by atoms with Gasteiger partial charge in [0.15, 0.2) is 5.76 Å². The summed E-state index contributed by atoms with van der Waals surface area (Å²) in [6.45, 7) is 6.35. The normalized spacial score (nSPS) is 14.0. The van der Waals surface area contributed by atoms with Gasteiger partial charge < -0.3 is 9.32 Å². The van der Waals surface area contributed by atoms with Gasteiger partial charge in [0.05, 0.1) is 11.2 Å². The lowest BCUT2D eigenvalue weighted by atomic mass is 9.93. The molecule has 1 N–H and O–H groups in total. The lowest BCUT2D eigenvalue weighted by Gasteiger charge is -2.20. The highest BCUT2D eigenvalue weighted by atomic mass is 16.4. The molecule has 0 spiro atoms. The van der Waals surface area contributed by atoms with Gasteiger partial charge in [0.25, 0.3) is 11.8 Å². The largest absolute Gasteiger partial charge is 0.455 e. The molecular weight excluding hydrogens is 452 g/mol. The predicted octanol–water partition coefficient (Wildman–Crippen LogP) is 5.58. The Morgan fingerprint density at radius 3 is 2.69 bits per heavy atom. The predicted molar refractivity (Wildman–Crippen MR) is 141 cm³/mol. The number of rotatable bonds is 5. The number of carbonyl (C=O) groups excluding carboxylic acids is 2. The minimum absolute atomic E-state index is 0.182. The van der Waals surface area contributed by atoms with Gasteiger partial charge in [0.1, 0.15) is 11.5 Å². The van der Waals surface area contributed by atoms with Gasteiger partial charge in [0, 0.05) is 35.2 Å². The van der Waals surface area contributed by atoms with Crippen LogP contribution in [0.5, 0.6) is 0 Å². The molecule has 0 aliphatic heterocycles. The van der Waals surface area contributed by atoms with E-state index < -0.39 is 0 Å². The molecule has 7 nitrogen and oxygen atoms in total. The van der Waals surface area contributed by atoms with Gasteiger partial charge in [-0.05, 0) is 63.4 Å². The van der Waals surface area contributed by atoms with Crippen LogP contribution in [0.2, 0.25) is 0 Å². The Morgan fingerprint density at radius 1 is 1.06 bits per heavy atom. The van der Waals surface area contributed by atoms with Crippen molar-refractivity contribution in [3.8, 4) is 0 Å². The second-order valence-corrected chi connectivity index (χ2v) is 8.98. The maximum Gasteiger partial charge on any atom is 0.294 e. The van der Waals surface area contributed by atoms with Crippen LogP contribution in [0, 0.1) is 13.8 Å². The molecule has 2 aromatic heterocycles. The van der Waals surface area contributed by atoms with Crippen molar-refractivity contribution in [2.45, 2.75) is 40.0 Å². The zero-order chi connectivity index (χ0) is 25.2. The highest BCUT2D eigenvalue weighted by Crippen LogP contribution is 2.31. The van der Waals surface area contributed by atoms with Crippen LogP contribution in [0.15, 0.2) is 70.2 Å². The number of carbonyl (C=O) groups is 2. The number of benzene rings is 2. The van der Waals surface area contributed by atoms with Crippen LogP contribution in [0.1, 0.15) is 63.3 Å². The Bertz CT molecular complexity index is 1500. The number of para-hydroxylation sites is 1. The molecule has 182 valence electrons. The van der Waals surface area contributed by atoms with E-state index in [2.05, 4.69) is 15.5 Å². The fourth-order valence-corrected chi connectivity index (χ4v) is 4.71. The first-order chi connectivity index (χ1) is 17.5. The second-order valence-electron chi connectivity index (χ2n) is 8.98. The number of aryl methyl sites for hydroxylation is 2. The van der Waals surface area contributed by atoms with Gasteiger partial charge in [-0.25, -0.2) is 10.4 Å². The summed E-state index contributed by atoms with van der Waals surface area (Å²) in [7, 11) is 0. The van der Waals surface area contributed by atoms with Crippen molar-refractivity contribution in [1.29, 1.82) is 0 Å². The molecule has 1 aliphatic rings. The van der Waals surface area contributed by atoms with Crippen LogP contribution in [-0.2, 0) is 6.42 Å². The van der Waals surface area contributed by atoms with E-state index >= 15 is 0 Å². The summed E-state index contributed by atoms with van der Waals surface area (Å²) in [4.78, 5) is 32.5. The topological polar surface area (TPSA) is 87.8 Å². The summed E-state index contributed by atoms with van der Waals surface area (Å²) in [5.41, 5.74) is 7.90. The third kappa shape index (κ3) is 4.40. The van der Waals surface area contributed by atoms with Crippen LogP contribution in [-0.4, -0.2) is 29.1 Å². The van der Waals surface area contributed by atoms with E-state index in [0.29, 0.717) is 30.1 Å². The zero-order valence-corrected chi connectivity index (χ0v) is 20.7. The first-order valence-electron chi connectivity index (χ1n) is 12.2. The van der Waals surface area contributed by atoms with E-state index in [1.165, 1.54) is 0 Å². The number of aromatic nitrogens is 1. The van der Waals surface area contributed by atoms with E-state index in [1.807, 2.05) is 75.4 Å². The molecule has 0 radical (unpaired) electrons. The molecule has 7 heteroatoms. The average molecular weight is 481 g/mol. The standard InChI is InChI=1S/C29H28N4O3/c1-4-33(21-11-7-9-18(2)17-21)29(35)27-19(3)26-23(13-8-14-25(26)36-27)31-32-28(34)24-16-15-20-10-5-6-12-22(20)30-24/h5-7,9-12,15-17H,4,8,13-14H2,1-3H3,(H,32,34)/b31-23+. The van der Waals surface area contributed by atoms with Crippen molar-refractivity contribution in [2.24, 2.45) is 5.10 Å². The summed E-state index contributed by atoms with van der Waals surface area (Å²) >= 11 is 0. The van der Waals surface area contributed by atoms with Gasteiger partial charge in [-0.1, -0.05) is 36.4 Å². The van der Waals surface area contributed by atoms with Crippen molar-refractivity contribution < 1.29 is 14.0 Å². The number of fused-ring (bicyclic) bond motifs is 2. The maximum atomic E-state index is 13.5. The maximum absolute atomic E-state index is 13.5. The molecule has 0 atom stereocenters. The second kappa shape index (κ2) is 9.77. The zero-order valence-electron chi connectivity index (χ0n) is 20.7. The summed E-state index contributed by atoms with van der Waals surface area (Å²) in [5, 5.41) is 5.41. The number of amides is 2. The first kappa shape index (κ1) is 23.5. The van der Waals surface area contributed by atoms with E-state index in [4.69, 9.17) is 4.42 Å². The van der Waals surface area contributed by atoms with Crippen LogP contribution in [0.25, 0.3) is 10.9 Å². The third-order valence-corrected chi connectivity index (χ3v) is 6.52. The number of hydrogen-bond acceptors (Lipinski definition) is 5. The summed E-state index contributed by atoms with van der Waals surface area (Å²) in [6, 6.07) is 19.1. The van der Waals surface area contributed by atoms with Gasteiger partial charge in [-0.3, -0.25) is 9.59 Å². The molecule has 2 amide bonds. The Kier molecular flexibility index (Phi) is 6.38. The molecule has 0 bridgehead atoms. The van der Waals surface area contributed by atoms with Gasteiger partial charge in [-0.2, -0.15) is 5.10 Å². The van der Waals surface area contributed by atoms with Crippen molar-refractivity contribution in [3.05, 3.63) is 94.6 Å². The lowest BCUT2D eigenvalue weighted by molar-refractivity contribution is 0.0946. The number of nitrogens with zero attached hydrogens (tertiary/aromatic N) is 3. The quantitative estimate of drug-likeness (QED) is 0.378. The molecule has 0 saturated carbocycles. The van der Waals surface area contributed by atoms with E-state index in [9.17, 15) is 9.59 Å². The highest BCUT2D eigenvalue weighted by molar-refractivity contribution is 6.10. The fourth-order valence-electron chi connectivity index (χ4n) is 4.71. The summed E-state index contributed by atoms with van der Waals surface area (Å²) in [5.74, 6) is 0.493. The van der Waals surface area contributed by atoms with Crippen molar-refractivity contribution in [2.75, 3.05) is 11.4 Å². The lowest BCUT2D eigenvalue weighted by Crippen LogP contribution is -2.31. The summed E-state index contributed by atoms with van der Waals surface area (Å²) in [6.07, 6.45) is 2.23. The van der Waals surface area contributed by atoms with E-state index in [1.54, 1.807) is 11.0 Å². The fraction of sp³-hybridized carbons (Fsp3) is 0.241. The summed E-state index contributed by atoms with van der Waals surface area (Å²) < 4.78 is 6.11. The van der Waals surface area contributed by atoms with Crippen LogP contribution in [0.4, 0.5) is 5.69 Å². The van der Waals surface area contributed by atoms with Gasteiger partial charge >= 0.3 is 0 Å². The number of nitrogens with one attached hydrogen (secondary N) is 1. The molecule has 4 aromatic rings. The Labute approximate surface area is 209 Å². The third-order valence-electron chi connectivity index (χ3n) is 6.52. The molecule has 2 aromatic carbocycles. The van der Waals surface area contributed by atoms with E-state index in [-0.39, 0.29) is 11.8 Å². The molecular formula is C29H28N4O3. The Morgan fingerprint density at radius 2 is 1.89 bits per heavy atom. The molecule has 1 aliphatic carbocycles. The number of anilines is 1. The molecule has 2 heterocycles. The Hall–Kier alpha value is -4.26. The average Bonchev–Trinajstić information content (AvgIpc) is 3.24. The molecule has 36 heavy (non-hydrogen) atoms. The highest BCUT2D eigenvalue weighted by Gasteiger charge is 2.30. The van der Waals surface area contributed by atoms with Gasteiger partial charge in [0.2, 0.25) is 0 Å². The van der Waals surface area contributed by atoms with E-state index in [0.717, 1.165) is 51.9 Å². The van der Waals surface area contributed by atoms with Gasteiger partial charge in [-0.15, -0.1) is 0 Å². The number of pyridine rings is 1. The number of hydrazone groups is 1. The molecule has 0 fully saturated rings. The van der Waals surface area contributed by atoms with Crippen molar-refractivity contribution in [3.63, 3.8) is 0 Å². The van der Waals surface area contributed by atoms with Crippen LogP contribution in [0.3, 0.4) is 0 Å². The smallest absolute Gasteiger partial charge is 0.294 e. The monoisotopic (exact) mass is 480 g/mol. The molecule has 0 saturated heterocycles. The van der Waals surface area contributed by atoms with Crippen molar-refractivity contribution >= 4 is 34.1 Å².